The van der Waals surface area contributed by atoms with Crippen molar-refractivity contribution in [3.63, 3.8) is 0 Å². The van der Waals surface area contributed by atoms with Crippen molar-refractivity contribution in [1.82, 2.24) is 5.32 Å². The smallest absolute Gasteiger partial charge is 0.338 e. The second kappa shape index (κ2) is 19.1. The fourth-order valence-corrected chi connectivity index (χ4v) is 11.1. The molecule has 2 saturated carbocycles. The number of ketones is 1. The van der Waals surface area contributed by atoms with E-state index in [0.29, 0.717) is 5.56 Å². The number of amides is 1. The number of hydrogen-bond donors (Lipinski definition) is 3. The van der Waals surface area contributed by atoms with Gasteiger partial charge in [-0.2, -0.15) is 0 Å². The van der Waals surface area contributed by atoms with Crippen LogP contribution in [0.5, 0.6) is 0 Å². The lowest BCUT2D eigenvalue weighted by Gasteiger charge is -2.67. The van der Waals surface area contributed by atoms with Crippen LogP contribution in [0.1, 0.15) is 97.1 Å². The molecule has 1 saturated heterocycles. The number of carbonyl (C=O) groups excluding carboxylic acids is 7. The van der Waals surface area contributed by atoms with Gasteiger partial charge in [0.05, 0.1) is 35.1 Å². The van der Waals surface area contributed by atoms with E-state index in [1.807, 2.05) is 0 Å². The number of carbonyl (C=O) groups is 7. The molecule has 70 heavy (non-hydrogen) atoms. The molecule has 16 nitrogen and oxygen atoms in total. The molecule has 4 aliphatic rings. The number of Topliss-reactive ketones (excluding diaryl/α,β-unsaturated/α-hetero) is 1. The van der Waals surface area contributed by atoms with Crippen LogP contribution in [-0.2, 0) is 47.6 Å². The van der Waals surface area contributed by atoms with E-state index in [1.165, 1.54) is 38.1 Å². The molecule has 4 aromatic rings. The lowest BCUT2D eigenvalue weighted by Crippen LogP contribution is -2.82. The third kappa shape index (κ3) is 8.57. The summed E-state index contributed by atoms with van der Waals surface area (Å²) in [5.41, 5.74) is -7.31. The zero-order valence-corrected chi connectivity index (χ0v) is 39.5. The first-order chi connectivity index (χ1) is 33.2. The maximum Gasteiger partial charge on any atom is 0.338 e. The van der Waals surface area contributed by atoms with Gasteiger partial charge in [0.15, 0.2) is 23.6 Å². The fraction of sp³-hybridized carbons (Fsp3) is 0.389. The Balaban J connectivity index is 1.31. The minimum atomic E-state index is -2.47. The lowest BCUT2D eigenvalue weighted by atomic mass is 9.44. The van der Waals surface area contributed by atoms with Crippen LogP contribution in [0.25, 0.3) is 0 Å². The quantitative estimate of drug-likeness (QED) is 0.0892. The summed E-state index contributed by atoms with van der Waals surface area (Å²) in [6.07, 6.45) is -10.8. The highest BCUT2D eigenvalue weighted by Gasteiger charge is 2.79. The van der Waals surface area contributed by atoms with Gasteiger partial charge >= 0.3 is 29.8 Å². The molecule has 1 amide bonds. The van der Waals surface area contributed by atoms with Gasteiger partial charge in [0, 0.05) is 37.7 Å². The largest absolute Gasteiger partial charge is 0.458 e. The van der Waals surface area contributed by atoms with Gasteiger partial charge in [0.1, 0.15) is 30.0 Å². The average molecular weight is 958 g/mol. The molecular weight excluding hydrogens is 903 g/mol. The van der Waals surface area contributed by atoms with Crippen molar-refractivity contribution in [2.75, 3.05) is 6.61 Å². The molecule has 1 heterocycles. The van der Waals surface area contributed by atoms with Gasteiger partial charge in [0.2, 0.25) is 0 Å². The van der Waals surface area contributed by atoms with E-state index in [1.54, 1.807) is 111 Å². The minimum Gasteiger partial charge on any atom is -0.458 e. The number of hydrogen-bond acceptors (Lipinski definition) is 15. The van der Waals surface area contributed by atoms with Gasteiger partial charge in [-0.25, -0.2) is 14.4 Å². The molecule has 1 aliphatic heterocycles. The summed E-state index contributed by atoms with van der Waals surface area (Å²) in [5, 5.41) is 28.7. The van der Waals surface area contributed by atoms with Crippen molar-refractivity contribution in [2.24, 2.45) is 16.7 Å². The van der Waals surface area contributed by atoms with Crippen LogP contribution >= 0.6 is 0 Å². The molecule has 2 bridgehead atoms. The van der Waals surface area contributed by atoms with Gasteiger partial charge < -0.3 is 44.0 Å². The highest BCUT2D eigenvalue weighted by Crippen LogP contribution is 2.65. The molecule has 0 spiro atoms. The summed E-state index contributed by atoms with van der Waals surface area (Å²) in [7, 11) is 0. The van der Waals surface area contributed by atoms with Crippen LogP contribution in [-0.4, -0.2) is 106 Å². The molecule has 0 aromatic heterocycles. The number of fused-ring (bicyclic) bond motifs is 5. The van der Waals surface area contributed by atoms with Crippen molar-refractivity contribution in [2.45, 2.75) is 108 Å². The highest BCUT2D eigenvalue weighted by molar-refractivity contribution is 5.97. The predicted molar refractivity (Wildman–Crippen MR) is 247 cm³/mol. The van der Waals surface area contributed by atoms with Gasteiger partial charge in [-0.15, -0.1) is 0 Å². The van der Waals surface area contributed by atoms with Crippen molar-refractivity contribution in [3.8, 4) is 0 Å². The zero-order valence-electron chi connectivity index (χ0n) is 39.5. The summed E-state index contributed by atoms with van der Waals surface area (Å²) in [5.74, 6) is -7.90. The van der Waals surface area contributed by atoms with E-state index in [-0.39, 0.29) is 40.9 Å². The topological polar surface area (TPSA) is 227 Å². The van der Waals surface area contributed by atoms with E-state index in [2.05, 4.69) is 5.32 Å². The molecule has 0 unspecified atom stereocenters. The first-order valence-electron chi connectivity index (χ1n) is 23.0. The second-order valence-electron chi connectivity index (χ2n) is 19.1. The van der Waals surface area contributed by atoms with Gasteiger partial charge in [-0.1, -0.05) is 98.8 Å². The van der Waals surface area contributed by atoms with Gasteiger partial charge in [-0.05, 0) is 67.0 Å². The minimum absolute atomic E-state index is 0.0344. The van der Waals surface area contributed by atoms with E-state index in [9.17, 15) is 39.0 Å². The highest BCUT2D eigenvalue weighted by atomic mass is 16.6. The standard InChI is InChI=1S/C54H55NO15/c1-30-37(67-50(63)42(58)41(33-19-11-7-12-20-33)55-47(60)34-21-13-8-14-22-34)28-54(64)46(69-49(62)36-25-17-10-18-26-36)44-52(6,45(59)43(66-31(2)56)40(30)51(54,4)5)38(68-48(61)35-23-15-9-16-24-35)27-39-53(44,29-65-39)70-32(3)57/h7-26,37-39,41-44,46,58,64H,27-29H2,1-6H3,(H,55,60)/t37-,38-,39+,41-,42+,43+,44-,46-,52+,53-,54+/m0/s1. The van der Waals surface area contributed by atoms with Crippen LogP contribution in [0.15, 0.2) is 132 Å². The number of ether oxygens (including phenoxy) is 6. The van der Waals surface area contributed by atoms with Crippen LogP contribution in [0.2, 0.25) is 0 Å². The van der Waals surface area contributed by atoms with Crippen molar-refractivity contribution in [1.29, 1.82) is 0 Å². The third-order valence-electron chi connectivity index (χ3n) is 14.7. The summed E-state index contributed by atoms with van der Waals surface area (Å²) >= 11 is 0. The molecule has 3 fully saturated rings. The number of nitrogens with one attached hydrogen (secondary N) is 1. The molecule has 4 aromatic carbocycles. The molecule has 11 atom stereocenters. The van der Waals surface area contributed by atoms with Crippen molar-refractivity contribution >= 4 is 41.5 Å². The Morgan fingerprint density at radius 2 is 1.24 bits per heavy atom. The fourth-order valence-electron chi connectivity index (χ4n) is 11.1. The van der Waals surface area contributed by atoms with Crippen molar-refractivity contribution < 1.29 is 72.2 Å². The zero-order chi connectivity index (χ0) is 50.3. The molecule has 16 heteroatoms. The summed E-state index contributed by atoms with van der Waals surface area (Å²) in [4.78, 5) is 99.5. The summed E-state index contributed by atoms with van der Waals surface area (Å²) < 4.78 is 37.3. The Morgan fingerprint density at radius 3 is 1.76 bits per heavy atom. The van der Waals surface area contributed by atoms with E-state index in [4.69, 9.17) is 28.4 Å². The number of esters is 5. The van der Waals surface area contributed by atoms with E-state index in [0.717, 1.165) is 13.8 Å². The molecule has 366 valence electrons. The maximum absolute atomic E-state index is 16.2. The van der Waals surface area contributed by atoms with Crippen LogP contribution in [0, 0.1) is 16.7 Å². The number of aliphatic hydroxyl groups is 2. The number of aliphatic hydroxyl groups excluding tert-OH is 1. The SMILES string of the molecule is CC(=O)O[C@H]1C(=O)[C@]2(C)[C@@H](OC(=O)c3ccccc3)C[C@H]3OC[C@@]3(OC(C)=O)[C@H]2[C@H](OC(=O)c2ccccc2)[C@]2(O)C[C@H](OC(=O)[C@H](O)[C@@H](NC(=O)c3ccccc3)c3ccccc3)C(C)=C1C2(C)C. The first kappa shape index (κ1) is 49.4. The number of rotatable bonds is 12. The van der Waals surface area contributed by atoms with Crippen LogP contribution in [0.3, 0.4) is 0 Å². The Kier molecular flexibility index (Phi) is 13.5. The Bertz CT molecular complexity index is 2710. The Labute approximate surface area is 404 Å². The normalized spacial score (nSPS) is 29.4. The molecule has 3 aliphatic carbocycles. The molecule has 3 N–H and O–H groups in total. The van der Waals surface area contributed by atoms with Crippen molar-refractivity contribution in [3.05, 3.63) is 155 Å². The maximum atomic E-state index is 16.2. The van der Waals surface area contributed by atoms with Crippen LogP contribution < -0.4 is 5.32 Å². The van der Waals surface area contributed by atoms with E-state index < -0.39 is 119 Å². The average Bonchev–Trinajstić information content (AvgIpc) is 3.34. The van der Waals surface area contributed by atoms with Gasteiger partial charge in [-0.3, -0.25) is 19.2 Å². The predicted octanol–water partition coefficient (Wildman–Crippen LogP) is 5.60. The molecule has 8 rings (SSSR count). The van der Waals surface area contributed by atoms with E-state index >= 15 is 4.79 Å². The number of benzene rings is 4. The van der Waals surface area contributed by atoms with Gasteiger partial charge in [0.25, 0.3) is 5.91 Å². The third-order valence-corrected chi connectivity index (χ3v) is 14.7. The summed E-state index contributed by atoms with van der Waals surface area (Å²) in [6.45, 7) is 7.95. The Hall–Kier alpha value is -7.01. The molecule has 0 radical (unpaired) electrons. The lowest BCUT2D eigenvalue weighted by molar-refractivity contribution is -0.345. The summed E-state index contributed by atoms with van der Waals surface area (Å²) in [6, 6.07) is 30.8. The second-order valence-corrected chi connectivity index (χ2v) is 19.1. The molecular formula is C54H55NO15. The monoisotopic (exact) mass is 957 g/mol. The van der Waals surface area contributed by atoms with Crippen LogP contribution in [0.4, 0.5) is 0 Å². The first-order valence-corrected chi connectivity index (χ1v) is 23.0. The Morgan fingerprint density at radius 1 is 0.714 bits per heavy atom.